The first-order chi connectivity index (χ1) is 11.3. The quantitative estimate of drug-likeness (QED) is 0.841. The van der Waals surface area contributed by atoms with Gasteiger partial charge in [0.15, 0.2) is 0 Å². The first kappa shape index (κ1) is 16.2. The van der Waals surface area contributed by atoms with Crippen LogP contribution >= 0.6 is 11.3 Å². The third kappa shape index (κ3) is 2.56. The number of thiophene rings is 1. The lowest BCUT2D eigenvalue weighted by molar-refractivity contribution is -0.132. The molecule has 1 aromatic heterocycles. The molecule has 1 atom stereocenters. The van der Waals surface area contributed by atoms with Crippen molar-refractivity contribution in [2.24, 2.45) is 0 Å². The zero-order chi connectivity index (χ0) is 17.5. The van der Waals surface area contributed by atoms with Crippen molar-refractivity contribution in [3.8, 4) is 0 Å². The lowest BCUT2D eigenvalue weighted by atomic mass is 9.92. The summed E-state index contributed by atoms with van der Waals surface area (Å²) in [5.74, 6) is -0.992. The highest BCUT2D eigenvalue weighted by Crippen LogP contribution is 2.28. The Hall–Kier alpha value is -2.67. The molecule has 0 aliphatic carbocycles. The van der Waals surface area contributed by atoms with Crippen molar-refractivity contribution in [2.75, 3.05) is 0 Å². The van der Waals surface area contributed by atoms with Gasteiger partial charge in [0.1, 0.15) is 5.54 Å². The largest absolute Gasteiger partial charge is 0.344 e. The molecular formula is C17H17N3O3S. The fourth-order valence-electron chi connectivity index (χ4n) is 2.55. The van der Waals surface area contributed by atoms with Crippen molar-refractivity contribution < 1.29 is 14.4 Å². The number of hydrogen-bond acceptors (Lipinski definition) is 4. The molecule has 1 aliphatic rings. The van der Waals surface area contributed by atoms with Crippen molar-refractivity contribution >= 4 is 29.2 Å². The second-order valence-electron chi connectivity index (χ2n) is 5.85. The maximum atomic E-state index is 12.7. The second-order valence-corrected chi connectivity index (χ2v) is 7.11. The van der Waals surface area contributed by atoms with E-state index in [1.165, 1.54) is 11.3 Å². The number of amides is 4. The van der Waals surface area contributed by atoms with Crippen LogP contribution in [0.3, 0.4) is 0 Å². The summed E-state index contributed by atoms with van der Waals surface area (Å²) in [6.07, 6.45) is 0. The molecule has 2 N–H and O–H groups in total. The van der Waals surface area contributed by atoms with Gasteiger partial charge in [-0.05, 0) is 38.0 Å². The second kappa shape index (κ2) is 5.76. The van der Waals surface area contributed by atoms with Gasteiger partial charge >= 0.3 is 6.03 Å². The van der Waals surface area contributed by atoms with Crippen molar-refractivity contribution in [3.05, 3.63) is 57.3 Å². The fourth-order valence-corrected chi connectivity index (χ4v) is 3.47. The van der Waals surface area contributed by atoms with Crippen LogP contribution in [0.4, 0.5) is 4.79 Å². The maximum Gasteiger partial charge on any atom is 0.344 e. The number of hydrazine groups is 1. The van der Waals surface area contributed by atoms with E-state index in [0.29, 0.717) is 10.4 Å². The molecule has 0 spiro atoms. The number of carbonyl (C=O) groups is 3. The minimum absolute atomic E-state index is 0.457. The molecule has 124 valence electrons. The number of nitrogens with zero attached hydrogens (tertiary/aromatic N) is 1. The van der Waals surface area contributed by atoms with Crippen LogP contribution in [0.15, 0.2) is 36.4 Å². The molecule has 0 saturated carbocycles. The van der Waals surface area contributed by atoms with E-state index < -0.39 is 23.4 Å². The summed E-state index contributed by atoms with van der Waals surface area (Å²) in [4.78, 5) is 38.7. The molecule has 3 rings (SSSR count). The summed E-state index contributed by atoms with van der Waals surface area (Å²) >= 11 is 1.32. The number of imide groups is 1. The van der Waals surface area contributed by atoms with Crippen LogP contribution < -0.4 is 10.7 Å². The highest BCUT2D eigenvalue weighted by molar-refractivity contribution is 7.14. The summed E-state index contributed by atoms with van der Waals surface area (Å²) in [6, 6.07) is 10.0. The lowest BCUT2D eigenvalue weighted by Crippen LogP contribution is -2.47. The van der Waals surface area contributed by atoms with Crippen LogP contribution in [0.5, 0.6) is 0 Å². The summed E-state index contributed by atoms with van der Waals surface area (Å²) in [6.45, 7) is 5.44. The SMILES string of the molecule is Cc1cc(C(=O)NN2C(=O)N[C@@](C)(c3ccccc3)C2=O)sc1C. The molecule has 0 radical (unpaired) electrons. The topological polar surface area (TPSA) is 78.5 Å². The number of nitrogens with one attached hydrogen (secondary N) is 2. The van der Waals surface area contributed by atoms with Gasteiger partial charge in [0.2, 0.25) is 0 Å². The summed E-state index contributed by atoms with van der Waals surface area (Å²) in [7, 11) is 0. The number of aryl methyl sites for hydroxylation is 2. The first-order valence-electron chi connectivity index (χ1n) is 7.43. The summed E-state index contributed by atoms with van der Waals surface area (Å²) < 4.78 is 0. The van der Waals surface area contributed by atoms with Crippen molar-refractivity contribution in [1.82, 2.24) is 15.8 Å². The molecule has 1 aliphatic heterocycles. The predicted octanol–water partition coefficient (Wildman–Crippen LogP) is 2.48. The summed E-state index contributed by atoms with van der Waals surface area (Å²) in [5, 5.41) is 3.40. The van der Waals surface area contributed by atoms with Crippen LogP contribution in [0.2, 0.25) is 0 Å². The monoisotopic (exact) mass is 343 g/mol. The Labute approximate surface area is 143 Å². The smallest absolute Gasteiger partial charge is 0.318 e. The van der Waals surface area contributed by atoms with Crippen LogP contribution in [-0.2, 0) is 10.3 Å². The number of benzene rings is 1. The zero-order valence-electron chi connectivity index (χ0n) is 13.5. The molecular weight excluding hydrogens is 326 g/mol. The molecule has 2 aromatic rings. The lowest BCUT2D eigenvalue weighted by Gasteiger charge is -2.21. The van der Waals surface area contributed by atoms with Gasteiger partial charge in [-0.1, -0.05) is 30.3 Å². The molecule has 2 heterocycles. The Bertz CT molecular complexity index is 811. The van der Waals surface area contributed by atoms with E-state index in [0.717, 1.165) is 15.4 Å². The van der Waals surface area contributed by atoms with E-state index >= 15 is 0 Å². The normalized spacial score (nSPS) is 20.2. The van der Waals surface area contributed by atoms with E-state index in [4.69, 9.17) is 0 Å². The Morgan fingerprint density at radius 3 is 2.46 bits per heavy atom. The molecule has 6 nitrogen and oxygen atoms in total. The van der Waals surface area contributed by atoms with Gasteiger partial charge in [0.05, 0.1) is 4.88 Å². The Balaban J connectivity index is 1.83. The third-order valence-corrected chi connectivity index (χ3v) is 5.30. The van der Waals surface area contributed by atoms with Gasteiger partial charge in [-0.15, -0.1) is 11.3 Å². The fraction of sp³-hybridized carbons (Fsp3) is 0.235. The van der Waals surface area contributed by atoms with Crippen molar-refractivity contribution in [3.63, 3.8) is 0 Å². The third-order valence-electron chi connectivity index (χ3n) is 4.15. The van der Waals surface area contributed by atoms with E-state index in [1.807, 2.05) is 19.9 Å². The van der Waals surface area contributed by atoms with Gasteiger partial charge in [-0.2, -0.15) is 5.01 Å². The average Bonchev–Trinajstić information content (AvgIpc) is 3.01. The molecule has 7 heteroatoms. The van der Waals surface area contributed by atoms with Crippen molar-refractivity contribution in [2.45, 2.75) is 26.3 Å². The highest BCUT2D eigenvalue weighted by Gasteiger charge is 2.50. The van der Waals surface area contributed by atoms with Gasteiger partial charge in [0, 0.05) is 4.88 Å². The Kier molecular flexibility index (Phi) is 3.88. The molecule has 4 amide bonds. The van der Waals surface area contributed by atoms with E-state index in [-0.39, 0.29) is 0 Å². The van der Waals surface area contributed by atoms with Crippen LogP contribution in [0, 0.1) is 13.8 Å². The van der Waals surface area contributed by atoms with Gasteiger partial charge in [0.25, 0.3) is 11.8 Å². The number of rotatable bonds is 3. The molecule has 1 saturated heterocycles. The van der Waals surface area contributed by atoms with E-state index in [9.17, 15) is 14.4 Å². The van der Waals surface area contributed by atoms with Crippen LogP contribution in [0.1, 0.15) is 32.6 Å². The Morgan fingerprint density at radius 1 is 1.21 bits per heavy atom. The number of carbonyl (C=O) groups excluding carboxylic acids is 3. The minimum atomic E-state index is -1.20. The van der Waals surface area contributed by atoms with E-state index in [2.05, 4.69) is 10.7 Å². The van der Waals surface area contributed by atoms with E-state index in [1.54, 1.807) is 37.3 Å². The number of urea groups is 1. The first-order valence-corrected chi connectivity index (χ1v) is 8.25. The number of hydrogen-bond donors (Lipinski definition) is 2. The maximum absolute atomic E-state index is 12.7. The van der Waals surface area contributed by atoms with Crippen LogP contribution in [0.25, 0.3) is 0 Å². The van der Waals surface area contributed by atoms with Gasteiger partial charge < -0.3 is 5.32 Å². The highest BCUT2D eigenvalue weighted by atomic mass is 32.1. The standard InChI is InChI=1S/C17H17N3O3S/c1-10-9-13(24-11(10)2)14(21)19-20-15(22)17(3,18-16(20)23)12-7-5-4-6-8-12/h4-9H,1-3H3,(H,18,23)(H,19,21)/t17-/m0/s1. The summed E-state index contributed by atoms with van der Waals surface area (Å²) in [5.41, 5.74) is 2.85. The minimum Gasteiger partial charge on any atom is -0.318 e. The predicted molar refractivity (Wildman–Crippen MR) is 90.4 cm³/mol. The van der Waals surface area contributed by atoms with Gasteiger partial charge in [-0.25, -0.2) is 4.79 Å². The Morgan fingerprint density at radius 2 is 1.88 bits per heavy atom. The molecule has 0 bridgehead atoms. The molecule has 24 heavy (non-hydrogen) atoms. The molecule has 1 aromatic carbocycles. The van der Waals surface area contributed by atoms with Gasteiger partial charge in [-0.3, -0.25) is 15.0 Å². The molecule has 1 fully saturated rings. The zero-order valence-corrected chi connectivity index (χ0v) is 14.4. The van der Waals surface area contributed by atoms with Crippen molar-refractivity contribution in [1.29, 1.82) is 0 Å². The average molecular weight is 343 g/mol. The van der Waals surface area contributed by atoms with Crippen LogP contribution in [-0.4, -0.2) is 22.9 Å². The molecule has 0 unspecified atom stereocenters.